The van der Waals surface area contributed by atoms with E-state index in [0.717, 1.165) is 36.7 Å². The topological polar surface area (TPSA) is 20.3 Å². The molecule has 4 heteroatoms. The highest BCUT2D eigenvalue weighted by molar-refractivity contribution is 8.23. The Bertz CT molecular complexity index is 261. The van der Waals surface area contributed by atoms with Gasteiger partial charge in [-0.3, -0.25) is 4.79 Å². The molecule has 1 saturated heterocycles. The van der Waals surface area contributed by atoms with Crippen molar-refractivity contribution in [3.63, 3.8) is 0 Å². The molecule has 15 heavy (non-hydrogen) atoms. The molecule has 0 spiro atoms. The lowest BCUT2D eigenvalue weighted by atomic mass is 10.1. The number of likely N-dealkylation sites (tertiary alicyclic amines) is 1. The molecule has 1 aliphatic heterocycles. The third kappa shape index (κ3) is 2.94. The Hall–Kier alpha value is -0.0900. The molecule has 0 aromatic heterocycles. The molecular formula is C11H17NOS2. The molecule has 2 fully saturated rings. The van der Waals surface area contributed by atoms with Crippen LogP contribution in [0.4, 0.5) is 0 Å². The van der Waals surface area contributed by atoms with E-state index in [1.165, 1.54) is 19.3 Å². The average Bonchev–Trinajstić information content (AvgIpc) is 2.66. The molecule has 1 heterocycles. The number of ketones is 1. The van der Waals surface area contributed by atoms with E-state index < -0.39 is 0 Å². The SMILES string of the molecule is O=C1CCCC1SC(=S)N1CCCCC1. The molecule has 0 bridgehead atoms. The normalized spacial score (nSPS) is 27.1. The van der Waals surface area contributed by atoms with Gasteiger partial charge in [-0.05, 0) is 32.1 Å². The molecule has 0 aromatic rings. The van der Waals surface area contributed by atoms with Crippen molar-refractivity contribution < 1.29 is 4.79 Å². The van der Waals surface area contributed by atoms with Crippen molar-refractivity contribution in [2.24, 2.45) is 0 Å². The summed E-state index contributed by atoms with van der Waals surface area (Å²) in [7, 11) is 0. The minimum atomic E-state index is 0.166. The van der Waals surface area contributed by atoms with E-state index in [-0.39, 0.29) is 5.25 Å². The van der Waals surface area contributed by atoms with Gasteiger partial charge < -0.3 is 4.90 Å². The van der Waals surface area contributed by atoms with Crippen molar-refractivity contribution in [3.8, 4) is 0 Å². The number of hydrogen-bond acceptors (Lipinski definition) is 3. The molecule has 1 saturated carbocycles. The van der Waals surface area contributed by atoms with E-state index in [0.29, 0.717) is 5.78 Å². The van der Waals surface area contributed by atoms with Crippen molar-refractivity contribution in [2.45, 2.75) is 43.8 Å². The van der Waals surface area contributed by atoms with E-state index >= 15 is 0 Å². The third-order valence-electron chi connectivity index (χ3n) is 3.11. The molecule has 1 unspecified atom stereocenters. The molecule has 1 atom stereocenters. The zero-order valence-corrected chi connectivity index (χ0v) is 10.5. The maximum absolute atomic E-state index is 11.5. The van der Waals surface area contributed by atoms with Gasteiger partial charge in [0.25, 0.3) is 0 Å². The Morgan fingerprint density at radius 3 is 2.60 bits per heavy atom. The van der Waals surface area contributed by atoms with Crippen molar-refractivity contribution >= 4 is 34.1 Å². The fourth-order valence-corrected chi connectivity index (χ4v) is 3.82. The molecule has 0 amide bonds. The summed E-state index contributed by atoms with van der Waals surface area (Å²) in [6, 6.07) is 0. The Balaban J connectivity index is 1.82. The van der Waals surface area contributed by atoms with Gasteiger partial charge in [-0.2, -0.15) is 0 Å². The van der Waals surface area contributed by atoms with Crippen molar-refractivity contribution in [3.05, 3.63) is 0 Å². The number of carbonyl (C=O) groups is 1. The quantitative estimate of drug-likeness (QED) is 0.659. The zero-order chi connectivity index (χ0) is 10.7. The summed E-state index contributed by atoms with van der Waals surface area (Å²) in [6.07, 6.45) is 6.67. The van der Waals surface area contributed by atoms with Gasteiger partial charge in [-0.25, -0.2) is 0 Å². The van der Waals surface area contributed by atoms with Gasteiger partial charge in [0.2, 0.25) is 0 Å². The highest BCUT2D eigenvalue weighted by Crippen LogP contribution is 2.29. The number of thioether (sulfide) groups is 1. The van der Waals surface area contributed by atoms with Crippen LogP contribution in [-0.4, -0.2) is 33.3 Å². The number of piperidine rings is 1. The number of nitrogens with zero attached hydrogens (tertiary/aromatic N) is 1. The summed E-state index contributed by atoms with van der Waals surface area (Å²) in [5.41, 5.74) is 0. The molecular weight excluding hydrogens is 226 g/mol. The second kappa shape index (κ2) is 5.30. The maximum Gasteiger partial charge on any atom is 0.146 e. The third-order valence-corrected chi connectivity index (χ3v) is 4.90. The first-order valence-corrected chi connectivity index (χ1v) is 7.04. The van der Waals surface area contributed by atoms with Crippen LogP contribution in [0.1, 0.15) is 38.5 Å². The molecule has 2 aliphatic rings. The van der Waals surface area contributed by atoms with Gasteiger partial charge in [-0.15, -0.1) is 0 Å². The highest BCUT2D eigenvalue weighted by Gasteiger charge is 2.27. The minimum Gasteiger partial charge on any atom is -0.358 e. The number of carbonyl (C=O) groups excluding carboxylic acids is 1. The molecule has 2 rings (SSSR count). The van der Waals surface area contributed by atoms with E-state index in [1.807, 2.05) is 0 Å². The van der Waals surface area contributed by atoms with Crippen LogP contribution < -0.4 is 0 Å². The summed E-state index contributed by atoms with van der Waals surface area (Å²) in [4.78, 5) is 13.8. The standard InChI is InChI=1S/C11H17NOS2/c13-9-5-4-6-10(9)15-11(14)12-7-2-1-3-8-12/h10H,1-8H2. The van der Waals surface area contributed by atoms with Crippen LogP contribution in [0.2, 0.25) is 0 Å². The molecule has 1 aliphatic carbocycles. The molecule has 2 nitrogen and oxygen atoms in total. The monoisotopic (exact) mass is 243 g/mol. The zero-order valence-electron chi connectivity index (χ0n) is 8.91. The van der Waals surface area contributed by atoms with Gasteiger partial charge in [0.15, 0.2) is 0 Å². The van der Waals surface area contributed by atoms with Crippen LogP contribution in [0.5, 0.6) is 0 Å². The van der Waals surface area contributed by atoms with Gasteiger partial charge in [0, 0.05) is 19.5 Å². The Kier molecular flexibility index (Phi) is 4.03. The number of thiocarbonyl (C=S) groups is 1. The van der Waals surface area contributed by atoms with Crippen molar-refractivity contribution in [2.75, 3.05) is 13.1 Å². The first-order valence-electron chi connectivity index (χ1n) is 5.75. The van der Waals surface area contributed by atoms with E-state index in [2.05, 4.69) is 4.90 Å². The van der Waals surface area contributed by atoms with Crippen LogP contribution in [0.15, 0.2) is 0 Å². The summed E-state index contributed by atoms with van der Waals surface area (Å²) >= 11 is 7.03. The summed E-state index contributed by atoms with van der Waals surface area (Å²) in [5.74, 6) is 0.402. The predicted molar refractivity (Wildman–Crippen MR) is 68.3 cm³/mol. The summed E-state index contributed by atoms with van der Waals surface area (Å²) in [6.45, 7) is 2.18. The summed E-state index contributed by atoms with van der Waals surface area (Å²) in [5, 5.41) is 0.166. The van der Waals surface area contributed by atoms with Crippen LogP contribution in [0, 0.1) is 0 Å². The smallest absolute Gasteiger partial charge is 0.146 e. The van der Waals surface area contributed by atoms with Gasteiger partial charge in [-0.1, -0.05) is 24.0 Å². The lowest BCUT2D eigenvalue weighted by Crippen LogP contribution is -2.34. The Morgan fingerprint density at radius 2 is 2.00 bits per heavy atom. The second-order valence-corrected chi connectivity index (χ2v) is 6.12. The molecule has 0 N–H and O–H groups in total. The van der Waals surface area contributed by atoms with E-state index in [1.54, 1.807) is 11.8 Å². The number of rotatable bonds is 1. The number of Topliss-reactive ketones (excluding diaryl/α,β-unsaturated/α-hetero) is 1. The molecule has 84 valence electrons. The fourth-order valence-electron chi connectivity index (χ4n) is 2.18. The van der Waals surface area contributed by atoms with Crippen molar-refractivity contribution in [1.29, 1.82) is 0 Å². The lowest BCUT2D eigenvalue weighted by Gasteiger charge is -2.29. The van der Waals surface area contributed by atoms with E-state index in [9.17, 15) is 4.79 Å². The first kappa shape index (κ1) is 11.4. The van der Waals surface area contributed by atoms with Crippen LogP contribution >= 0.6 is 24.0 Å². The minimum absolute atomic E-state index is 0.166. The second-order valence-electron chi connectivity index (χ2n) is 4.28. The number of hydrogen-bond donors (Lipinski definition) is 0. The first-order chi connectivity index (χ1) is 7.27. The van der Waals surface area contributed by atoms with Crippen LogP contribution in [0.3, 0.4) is 0 Å². The largest absolute Gasteiger partial charge is 0.358 e. The molecule has 0 radical (unpaired) electrons. The van der Waals surface area contributed by atoms with Crippen LogP contribution in [0.25, 0.3) is 0 Å². The lowest BCUT2D eigenvalue weighted by molar-refractivity contribution is -0.116. The van der Waals surface area contributed by atoms with Gasteiger partial charge in [0.1, 0.15) is 10.1 Å². The van der Waals surface area contributed by atoms with Crippen LogP contribution in [-0.2, 0) is 4.79 Å². The van der Waals surface area contributed by atoms with Crippen molar-refractivity contribution in [1.82, 2.24) is 4.90 Å². The Morgan fingerprint density at radius 1 is 1.27 bits per heavy atom. The summed E-state index contributed by atoms with van der Waals surface area (Å²) < 4.78 is 0.954. The van der Waals surface area contributed by atoms with Gasteiger partial charge in [0.05, 0.1) is 5.25 Å². The van der Waals surface area contributed by atoms with E-state index in [4.69, 9.17) is 12.2 Å². The fraction of sp³-hybridized carbons (Fsp3) is 0.818. The Labute approximate surface area is 101 Å². The molecule has 0 aromatic carbocycles. The predicted octanol–water partition coefficient (Wildman–Crippen LogP) is 2.61. The average molecular weight is 243 g/mol. The highest BCUT2D eigenvalue weighted by atomic mass is 32.2. The van der Waals surface area contributed by atoms with Gasteiger partial charge >= 0.3 is 0 Å². The maximum atomic E-state index is 11.5.